The van der Waals surface area contributed by atoms with Crippen LogP contribution < -0.4 is 5.32 Å². The second kappa shape index (κ2) is 7.85. The topological polar surface area (TPSA) is 58.6 Å². The van der Waals surface area contributed by atoms with Crippen LogP contribution in [0, 0.1) is 11.8 Å². The van der Waals surface area contributed by atoms with Crippen LogP contribution in [0.25, 0.3) is 0 Å². The van der Waals surface area contributed by atoms with Gasteiger partial charge in [0.25, 0.3) is 0 Å². The molecular formula is C19H32N2O3. The third-order valence-corrected chi connectivity index (χ3v) is 6.30. The van der Waals surface area contributed by atoms with Crippen molar-refractivity contribution in [2.45, 2.75) is 69.8 Å². The Labute approximate surface area is 145 Å². The van der Waals surface area contributed by atoms with E-state index in [4.69, 9.17) is 4.74 Å². The highest BCUT2D eigenvalue weighted by molar-refractivity contribution is 5.85. The number of likely N-dealkylation sites (tertiary alicyclic amines) is 1. The standard InChI is InChI=1S/C19H32N2O3/c1-24-19(10-6-3-7-11-19)14-20-17(22)16-12-21(13-16)18(23)15-8-4-2-5-9-15/h15-16H,2-14H2,1H3,(H,20,22). The van der Waals surface area contributed by atoms with Crippen molar-refractivity contribution in [1.82, 2.24) is 10.2 Å². The Balaban J connectivity index is 1.40. The number of hydrogen-bond donors (Lipinski definition) is 1. The lowest BCUT2D eigenvalue weighted by molar-refractivity contribution is -0.147. The van der Waals surface area contributed by atoms with E-state index in [1.54, 1.807) is 7.11 Å². The summed E-state index contributed by atoms with van der Waals surface area (Å²) in [7, 11) is 1.76. The highest BCUT2D eigenvalue weighted by Crippen LogP contribution is 2.31. The smallest absolute Gasteiger partial charge is 0.226 e. The molecule has 0 atom stereocenters. The predicted octanol–water partition coefficient (Wildman–Crippen LogP) is 2.49. The first kappa shape index (κ1) is 17.7. The van der Waals surface area contributed by atoms with Crippen molar-refractivity contribution in [2.24, 2.45) is 11.8 Å². The van der Waals surface area contributed by atoms with Crippen LogP contribution in [0.2, 0.25) is 0 Å². The van der Waals surface area contributed by atoms with Crippen molar-refractivity contribution in [3.63, 3.8) is 0 Å². The first-order valence-corrected chi connectivity index (χ1v) is 9.75. The number of ether oxygens (including phenoxy) is 1. The average Bonchev–Trinajstić information content (AvgIpc) is 2.60. The fraction of sp³-hybridized carbons (Fsp3) is 0.895. The van der Waals surface area contributed by atoms with Crippen LogP contribution in [-0.2, 0) is 14.3 Å². The number of carbonyl (C=O) groups is 2. The first-order chi connectivity index (χ1) is 11.6. The van der Waals surface area contributed by atoms with Gasteiger partial charge in [-0.15, -0.1) is 0 Å². The zero-order valence-corrected chi connectivity index (χ0v) is 15.0. The molecule has 1 N–H and O–H groups in total. The second-order valence-corrected chi connectivity index (χ2v) is 7.94. The summed E-state index contributed by atoms with van der Waals surface area (Å²) in [6.07, 6.45) is 11.3. The molecule has 24 heavy (non-hydrogen) atoms. The molecule has 1 saturated heterocycles. The van der Waals surface area contributed by atoms with E-state index in [0.29, 0.717) is 19.6 Å². The van der Waals surface area contributed by atoms with Gasteiger partial charge in [0.2, 0.25) is 11.8 Å². The molecule has 2 amide bonds. The fourth-order valence-corrected chi connectivity index (χ4v) is 4.47. The summed E-state index contributed by atoms with van der Waals surface area (Å²) >= 11 is 0. The molecule has 3 rings (SSSR count). The minimum atomic E-state index is -0.171. The Morgan fingerprint density at radius 1 is 1.00 bits per heavy atom. The first-order valence-electron chi connectivity index (χ1n) is 9.75. The molecule has 1 heterocycles. The number of nitrogens with one attached hydrogen (secondary N) is 1. The predicted molar refractivity (Wildman–Crippen MR) is 92.5 cm³/mol. The molecule has 0 spiro atoms. The molecule has 5 nitrogen and oxygen atoms in total. The van der Waals surface area contributed by atoms with Gasteiger partial charge in [0.15, 0.2) is 0 Å². The van der Waals surface area contributed by atoms with Gasteiger partial charge in [-0.25, -0.2) is 0 Å². The van der Waals surface area contributed by atoms with Gasteiger partial charge in [-0.05, 0) is 25.7 Å². The monoisotopic (exact) mass is 336 g/mol. The highest BCUT2D eigenvalue weighted by atomic mass is 16.5. The van der Waals surface area contributed by atoms with Crippen molar-refractivity contribution in [1.29, 1.82) is 0 Å². The van der Waals surface area contributed by atoms with Crippen LogP contribution in [0.15, 0.2) is 0 Å². The molecule has 0 radical (unpaired) electrons. The van der Waals surface area contributed by atoms with Crippen LogP contribution in [-0.4, -0.2) is 49.1 Å². The molecule has 3 fully saturated rings. The Morgan fingerprint density at radius 2 is 1.62 bits per heavy atom. The SMILES string of the molecule is COC1(CNC(=O)C2CN(C(=O)C3CCCCC3)C2)CCCCC1. The summed E-state index contributed by atoms with van der Waals surface area (Å²) in [6, 6.07) is 0. The summed E-state index contributed by atoms with van der Waals surface area (Å²) in [5.74, 6) is 0.542. The van der Waals surface area contributed by atoms with Crippen molar-refractivity contribution < 1.29 is 14.3 Å². The zero-order chi connectivity index (χ0) is 17.0. The quantitative estimate of drug-likeness (QED) is 0.839. The number of methoxy groups -OCH3 is 1. The largest absolute Gasteiger partial charge is 0.376 e. The molecule has 3 aliphatic rings. The molecule has 0 aromatic carbocycles. The van der Waals surface area contributed by atoms with Gasteiger partial charge in [0.1, 0.15) is 0 Å². The van der Waals surface area contributed by atoms with Gasteiger partial charge in [0.05, 0.1) is 11.5 Å². The van der Waals surface area contributed by atoms with Crippen molar-refractivity contribution in [2.75, 3.05) is 26.7 Å². The summed E-state index contributed by atoms with van der Waals surface area (Å²) in [4.78, 5) is 26.7. The van der Waals surface area contributed by atoms with E-state index in [0.717, 1.165) is 25.7 Å². The number of hydrogen-bond acceptors (Lipinski definition) is 3. The third-order valence-electron chi connectivity index (χ3n) is 6.30. The van der Waals surface area contributed by atoms with Gasteiger partial charge in [-0.1, -0.05) is 38.5 Å². The fourth-order valence-electron chi connectivity index (χ4n) is 4.47. The second-order valence-electron chi connectivity index (χ2n) is 7.94. The average molecular weight is 336 g/mol. The molecule has 0 unspecified atom stereocenters. The van der Waals surface area contributed by atoms with Gasteiger partial charge in [0, 0.05) is 32.7 Å². The summed E-state index contributed by atoms with van der Waals surface area (Å²) in [5.41, 5.74) is -0.171. The van der Waals surface area contributed by atoms with E-state index in [1.165, 1.54) is 38.5 Å². The van der Waals surface area contributed by atoms with E-state index in [1.807, 2.05) is 4.90 Å². The Morgan fingerprint density at radius 3 is 2.25 bits per heavy atom. The van der Waals surface area contributed by atoms with E-state index in [-0.39, 0.29) is 29.3 Å². The molecule has 2 saturated carbocycles. The molecule has 1 aliphatic heterocycles. The maximum atomic E-state index is 12.4. The number of amides is 2. The van der Waals surface area contributed by atoms with Gasteiger partial charge in [-0.3, -0.25) is 9.59 Å². The van der Waals surface area contributed by atoms with Crippen molar-refractivity contribution >= 4 is 11.8 Å². The van der Waals surface area contributed by atoms with Crippen molar-refractivity contribution in [3.8, 4) is 0 Å². The maximum absolute atomic E-state index is 12.4. The normalized spacial score (nSPS) is 25.1. The number of rotatable bonds is 5. The lowest BCUT2D eigenvalue weighted by Crippen LogP contribution is -2.58. The molecule has 2 aliphatic carbocycles. The maximum Gasteiger partial charge on any atom is 0.226 e. The van der Waals surface area contributed by atoms with E-state index >= 15 is 0 Å². The van der Waals surface area contributed by atoms with Crippen LogP contribution in [0.3, 0.4) is 0 Å². The minimum Gasteiger partial charge on any atom is -0.376 e. The van der Waals surface area contributed by atoms with Gasteiger partial charge in [-0.2, -0.15) is 0 Å². The van der Waals surface area contributed by atoms with Crippen LogP contribution in [0.4, 0.5) is 0 Å². The Kier molecular flexibility index (Phi) is 5.80. The van der Waals surface area contributed by atoms with Crippen LogP contribution >= 0.6 is 0 Å². The molecule has 136 valence electrons. The molecule has 0 aromatic rings. The summed E-state index contributed by atoms with van der Waals surface area (Å²) < 4.78 is 5.72. The minimum absolute atomic E-state index is 0.0324. The highest BCUT2D eigenvalue weighted by Gasteiger charge is 2.39. The molecule has 5 heteroatoms. The van der Waals surface area contributed by atoms with Crippen LogP contribution in [0.5, 0.6) is 0 Å². The van der Waals surface area contributed by atoms with E-state index in [9.17, 15) is 9.59 Å². The number of carbonyl (C=O) groups excluding carboxylic acids is 2. The zero-order valence-electron chi connectivity index (χ0n) is 15.0. The summed E-state index contributed by atoms with van der Waals surface area (Å²) in [6.45, 7) is 1.80. The molecular weight excluding hydrogens is 304 g/mol. The third kappa shape index (κ3) is 3.93. The molecule has 0 bridgehead atoms. The van der Waals surface area contributed by atoms with Gasteiger partial charge < -0.3 is 15.0 Å². The van der Waals surface area contributed by atoms with Crippen molar-refractivity contribution in [3.05, 3.63) is 0 Å². The van der Waals surface area contributed by atoms with E-state index in [2.05, 4.69) is 5.32 Å². The number of nitrogens with zero attached hydrogens (tertiary/aromatic N) is 1. The Bertz CT molecular complexity index is 448. The lowest BCUT2D eigenvalue weighted by atomic mass is 9.84. The summed E-state index contributed by atoms with van der Waals surface area (Å²) in [5, 5.41) is 3.08. The lowest BCUT2D eigenvalue weighted by Gasteiger charge is -2.42. The van der Waals surface area contributed by atoms with Gasteiger partial charge >= 0.3 is 0 Å². The molecule has 0 aromatic heterocycles. The van der Waals surface area contributed by atoms with E-state index < -0.39 is 0 Å². The Hall–Kier alpha value is -1.10. The van der Waals surface area contributed by atoms with Crippen LogP contribution in [0.1, 0.15) is 64.2 Å².